The summed E-state index contributed by atoms with van der Waals surface area (Å²) < 4.78 is 11.7. The van der Waals surface area contributed by atoms with Crippen LogP contribution in [0, 0.1) is 6.92 Å². The molecule has 138 valence electrons. The lowest BCUT2D eigenvalue weighted by molar-refractivity contribution is 0.101. The first-order valence-corrected chi connectivity index (χ1v) is 8.88. The topological polar surface area (TPSA) is 61.3 Å². The molecule has 0 saturated carbocycles. The number of carbonyl (C=O) groups is 1. The lowest BCUT2D eigenvalue weighted by Crippen LogP contribution is -1.94. The van der Waals surface area contributed by atoms with Gasteiger partial charge in [-0.3, -0.25) is 4.79 Å². The van der Waals surface area contributed by atoms with Gasteiger partial charge in [0.15, 0.2) is 5.78 Å². The van der Waals surface area contributed by atoms with Crippen molar-refractivity contribution >= 4 is 16.7 Å². The van der Waals surface area contributed by atoms with E-state index in [2.05, 4.69) is 9.97 Å². The summed E-state index contributed by atoms with van der Waals surface area (Å²) in [6.45, 7) is 3.50. The highest BCUT2D eigenvalue weighted by Crippen LogP contribution is 2.30. The van der Waals surface area contributed by atoms with Crippen LogP contribution in [-0.2, 0) is 0 Å². The standard InChI is InChI=1S/C23H18N2O3/c1-15-13-19(27-22-5-3-4-12-24-22)8-10-21(15)28-23-11-7-18-14-17(16(2)26)6-9-20(18)25-23/h3-14H,1-2H3. The number of ketones is 1. The molecule has 0 N–H and O–H groups in total. The first-order chi connectivity index (χ1) is 13.6. The van der Waals surface area contributed by atoms with Gasteiger partial charge in [-0.25, -0.2) is 9.97 Å². The van der Waals surface area contributed by atoms with E-state index in [0.717, 1.165) is 16.5 Å². The van der Waals surface area contributed by atoms with E-state index in [1.165, 1.54) is 0 Å². The maximum Gasteiger partial charge on any atom is 0.219 e. The molecule has 0 saturated heterocycles. The van der Waals surface area contributed by atoms with E-state index in [-0.39, 0.29) is 5.78 Å². The van der Waals surface area contributed by atoms with Crippen molar-refractivity contribution in [3.05, 3.63) is 84.1 Å². The molecule has 0 spiro atoms. The van der Waals surface area contributed by atoms with E-state index in [0.29, 0.717) is 28.8 Å². The van der Waals surface area contributed by atoms with Crippen LogP contribution in [0.1, 0.15) is 22.8 Å². The van der Waals surface area contributed by atoms with Crippen molar-refractivity contribution in [1.29, 1.82) is 0 Å². The summed E-state index contributed by atoms with van der Waals surface area (Å²) in [5.41, 5.74) is 2.36. The maximum absolute atomic E-state index is 11.5. The van der Waals surface area contributed by atoms with Gasteiger partial charge in [-0.2, -0.15) is 0 Å². The Hall–Kier alpha value is -3.73. The van der Waals surface area contributed by atoms with Crippen molar-refractivity contribution in [2.45, 2.75) is 13.8 Å². The van der Waals surface area contributed by atoms with E-state index < -0.39 is 0 Å². The highest BCUT2D eigenvalue weighted by Gasteiger charge is 2.08. The largest absolute Gasteiger partial charge is 0.439 e. The van der Waals surface area contributed by atoms with Crippen LogP contribution in [0.4, 0.5) is 0 Å². The molecule has 0 bridgehead atoms. The van der Waals surface area contributed by atoms with E-state index in [9.17, 15) is 4.79 Å². The summed E-state index contributed by atoms with van der Waals surface area (Å²) in [6.07, 6.45) is 1.68. The second kappa shape index (κ2) is 7.48. The molecule has 2 heterocycles. The predicted molar refractivity (Wildman–Crippen MR) is 107 cm³/mol. The molecule has 5 nitrogen and oxygen atoms in total. The molecule has 0 aliphatic heterocycles. The van der Waals surface area contributed by atoms with E-state index in [4.69, 9.17) is 9.47 Å². The van der Waals surface area contributed by atoms with E-state index in [1.54, 1.807) is 31.3 Å². The maximum atomic E-state index is 11.5. The van der Waals surface area contributed by atoms with Gasteiger partial charge >= 0.3 is 0 Å². The van der Waals surface area contributed by atoms with Crippen molar-refractivity contribution in [2.75, 3.05) is 0 Å². The first kappa shape index (κ1) is 17.7. The van der Waals surface area contributed by atoms with Gasteiger partial charge in [0.2, 0.25) is 11.8 Å². The van der Waals surface area contributed by atoms with Crippen molar-refractivity contribution in [1.82, 2.24) is 9.97 Å². The number of carbonyl (C=O) groups excluding carboxylic acids is 1. The lowest BCUT2D eigenvalue weighted by Gasteiger charge is -2.11. The normalized spacial score (nSPS) is 10.6. The van der Waals surface area contributed by atoms with Crippen molar-refractivity contribution in [3.8, 4) is 23.3 Å². The van der Waals surface area contributed by atoms with Crippen molar-refractivity contribution in [2.24, 2.45) is 0 Å². The Balaban J connectivity index is 1.55. The number of fused-ring (bicyclic) bond motifs is 1. The SMILES string of the molecule is CC(=O)c1ccc2nc(Oc3ccc(Oc4ccccn4)cc3C)ccc2c1. The van der Waals surface area contributed by atoms with Crippen LogP contribution in [0.25, 0.3) is 10.9 Å². The molecular formula is C23H18N2O3. The van der Waals surface area contributed by atoms with Gasteiger partial charge < -0.3 is 9.47 Å². The zero-order valence-electron chi connectivity index (χ0n) is 15.5. The molecular weight excluding hydrogens is 352 g/mol. The fraction of sp³-hybridized carbons (Fsp3) is 0.0870. The molecule has 0 atom stereocenters. The zero-order valence-corrected chi connectivity index (χ0v) is 15.5. The van der Waals surface area contributed by atoms with Gasteiger partial charge in [0, 0.05) is 29.3 Å². The Labute approximate surface area is 162 Å². The molecule has 4 aromatic rings. The van der Waals surface area contributed by atoms with Crippen LogP contribution in [0.2, 0.25) is 0 Å². The van der Waals surface area contributed by atoms with Crippen molar-refractivity contribution in [3.63, 3.8) is 0 Å². The van der Waals surface area contributed by atoms with Crippen molar-refractivity contribution < 1.29 is 14.3 Å². The van der Waals surface area contributed by atoms with Crippen LogP contribution in [0.3, 0.4) is 0 Å². The van der Waals surface area contributed by atoms with Gasteiger partial charge in [0.05, 0.1) is 5.52 Å². The Kier molecular flexibility index (Phi) is 4.72. The average Bonchev–Trinajstić information content (AvgIpc) is 2.70. The summed E-state index contributed by atoms with van der Waals surface area (Å²) in [6, 6.07) is 20.2. The molecule has 2 aromatic heterocycles. The minimum atomic E-state index is 0.0332. The van der Waals surface area contributed by atoms with Gasteiger partial charge in [-0.05, 0) is 67.9 Å². The Morgan fingerprint density at radius 3 is 2.54 bits per heavy atom. The molecule has 2 aromatic carbocycles. The first-order valence-electron chi connectivity index (χ1n) is 8.88. The summed E-state index contributed by atoms with van der Waals surface area (Å²) >= 11 is 0. The third-order valence-electron chi connectivity index (χ3n) is 4.29. The summed E-state index contributed by atoms with van der Waals surface area (Å²) in [5, 5.41) is 0.899. The lowest BCUT2D eigenvalue weighted by atomic mass is 10.1. The summed E-state index contributed by atoms with van der Waals surface area (Å²) in [4.78, 5) is 20.2. The molecule has 0 aliphatic carbocycles. The molecule has 4 rings (SSSR count). The smallest absolute Gasteiger partial charge is 0.219 e. The fourth-order valence-corrected chi connectivity index (χ4v) is 2.82. The number of pyridine rings is 2. The van der Waals surface area contributed by atoms with Gasteiger partial charge in [-0.15, -0.1) is 0 Å². The van der Waals surface area contributed by atoms with Crippen LogP contribution < -0.4 is 9.47 Å². The third-order valence-corrected chi connectivity index (χ3v) is 4.29. The average molecular weight is 370 g/mol. The second-order valence-electron chi connectivity index (χ2n) is 6.41. The molecule has 0 unspecified atom stereocenters. The number of aryl methyl sites for hydroxylation is 1. The minimum Gasteiger partial charge on any atom is -0.439 e. The number of nitrogens with zero attached hydrogens (tertiary/aromatic N) is 2. The summed E-state index contributed by atoms with van der Waals surface area (Å²) in [7, 11) is 0. The molecule has 0 aliphatic rings. The number of ether oxygens (including phenoxy) is 2. The highest BCUT2D eigenvalue weighted by atomic mass is 16.5. The minimum absolute atomic E-state index is 0.0332. The van der Waals surface area contributed by atoms with Gasteiger partial charge in [0.25, 0.3) is 0 Å². The Morgan fingerprint density at radius 1 is 0.893 bits per heavy atom. The Morgan fingerprint density at radius 2 is 1.79 bits per heavy atom. The monoisotopic (exact) mass is 370 g/mol. The van der Waals surface area contributed by atoms with Crippen LogP contribution in [0.15, 0.2) is 72.9 Å². The second-order valence-corrected chi connectivity index (χ2v) is 6.41. The quantitative estimate of drug-likeness (QED) is 0.420. The molecule has 28 heavy (non-hydrogen) atoms. The molecule has 0 radical (unpaired) electrons. The summed E-state index contributed by atoms with van der Waals surface area (Å²) in [5.74, 6) is 2.44. The molecule has 0 amide bonds. The fourth-order valence-electron chi connectivity index (χ4n) is 2.82. The number of Topliss-reactive ketones (excluding diaryl/α,β-unsaturated/α-hetero) is 1. The highest BCUT2D eigenvalue weighted by molar-refractivity contribution is 5.97. The van der Waals surface area contributed by atoms with Crippen LogP contribution in [-0.4, -0.2) is 15.8 Å². The number of hydrogen-bond acceptors (Lipinski definition) is 5. The van der Waals surface area contributed by atoms with Crippen LogP contribution in [0.5, 0.6) is 23.3 Å². The van der Waals surface area contributed by atoms with Crippen LogP contribution >= 0.6 is 0 Å². The van der Waals surface area contributed by atoms with E-state index in [1.807, 2.05) is 55.5 Å². The zero-order chi connectivity index (χ0) is 19.5. The number of aromatic nitrogens is 2. The number of rotatable bonds is 5. The van der Waals surface area contributed by atoms with Gasteiger partial charge in [-0.1, -0.05) is 6.07 Å². The number of hydrogen-bond donors (Lipinski definition) is 0. The molecule has 0 fully saturated rings. The van der Waals surface area contributed by atoms with Gasteiger partial charge in [0.1, 0.15) is 11.5 Å². The molecule has 5 heteroatoms. The van der Waals surface area contributed by atoms with E-state index >= 15 is 0 Å². The Bertz CT molecular complexity index is 1160. The predicted octanol–water partition coefficient (Wildman–Crippen LogP) is 5.73. The number of benzene rings is 2. The third kappa shape index (κ3) is 3.83.